The van der Waals surface area contributed by atoms with Gasteiger partial charge in [0.05, 0.1) is 0 Å². The molecule has 0 bridgehead atoms. The third kappa shape index (κ3) is 6.52. The number of carboxylic acids is 1. The Bertz CT molecular complexity index is 653. The molecule has 0 aliphatic heterocycles. The Morgan fingerprint density at radius 1 is 0.917 bits per heavy atom. The lowest BCUT2D eigenvalue weighted by molar-refractivity contribution is -0.137. The molecule has 2 aromatic carbocycles. The number of rotatable bonds is 8. The molecule has 0 aromatic heterocycles. The van der Waals surface area contributed by atoms with E-state index < -0.39 is 12.1 Å². The van der Waals surface area contributed by atoms with Crippen molar-refractivity contribution in [3.8, 4) is 0 Å². The highest BCUT2D eigenvalue weighted by Gasteiger charge is 2.03. The Morgan fingerprint density at radius 2 is 1.58 bits per heavy atom. The van der Waals surface area contributed by atoms with E-state index in [1.807, 2.05) is 54.6 Å². The number of aryl methyl sites for hydroxylation is 1. The lowest BCUT2D eigenvalue weighted by Gasteiger charge is -2.08. The Balaban J connectivity index is 1.69. The predicted molar refractivity (Wildman–Crippen MR) is 90.5 cm³/mol. The number of nitrogens with one attached hydrogen (secondary N) is 1. The second-order valence-electron chi connectivity index (χ2n) is 5.48. The lowest BCUT2D eigenvalue weighted by Crippen LogP contribution is -2.23. The average Bonchev–Trinajstić information content (AvgIpc) is 2.60. The van der Waals surface area contributed by atoms with Gasteiger partial charge in [0.25, 0.3) is 0 Å². The van der Waals surface area contributed by atoms with Crippen molar-refractivity contribution in [3.63, 3.8) is 0 Å². The average molecular weight is 327 g/mol. The summed E-state index contributed by atoms with van der Waals surface area (Å²) in [6, 6.07) is 17.3. The molecule has 0 aliphatic carbocycles. The number of ether oxygens (including phenoxy) is 1. The molecule has 2 aromatic rings. The fourth-order valence-corrected chi connectivity index (χ4v) is 2.22. The van der Waals surface area contributed by atoms with Gasteiger partial charge in [0.2, 0.25) is 0 Å². The highest BCUT2D eigenvalue weighted by molar-refractivity contribution is 5.67. The van der Waals surface area contributed by atoms with Crippen molar-refractivity contribution in [2.75, 3.05) is 0 Å². The van der Waals surface area contributed by atoms with Crippen LogP contribution in [-0.4, -0.2) is 17.2 Å². The Hall–Kier alpha value is -2.82. The summed E-state index contributed by atoms with van der Waals surface area (Å²) in [5.74, 6) is -0.773. The van der Waals surface area contributed by atoms with Crippen LogP contribution in [0.2, 0.25) is 0 Å². The molecule has 0 saturated carbocycles. The van der Waals surface area contributed by atoms with Gasteiger partial charge in [-0.1, -0.05) is 54.6 Å². The maximum Gasteiger partial charge on any atom is 0.407 e. The van der Waals surface area contributed by atoms with Crippen LogP contribution < -0.4 is 5.32 Å². The normalized spacial score (nSPS) is 10.2. The van der Waals surface area contributed by atoms with E-state index >= 15 is 0 Å². The summed E-state index contributed by atoms with van der Waals surface area (Å²) in [5, 5.41) is 11.3. The lowest BCUT2D eigenvalue weighted by atomic mass is 10.1. The van der Waals surface area contributed by atoms with Gasteiger partial charge in [-0.25, -0.2) is 4.79 Å². The van der Waals surface area contributed by atoms with Crippen molar-refractivity contribution in [1.82, 2.24) is 5.32 Å². The molecular weight excluding hydrogens is 306 g/mol. The molecule has 0 spiro atoms. The Kier molecular flexibility index (Phi) is 6.83. The zero-order valence-corrected chi connectivity index (χ0v) is 13.4. The van der Waals surface area contributed by atoms with Crippen molar-refractivity contribution in [2.24, 2.45) is 0 Å². The molecule has 0 aliphatic rings. The van der Waals surface area contributed by atoms with Gasteiger partial charge in [-0.15, -0.1) is 0 Å². The molecule has 0 saturated heterocycles. The summed E-state index contributed by atoms with van der Waals surface area (Å²) in [6.07, 6.45) is 1.08. The SMILES string of the molecule is O=C(O)CCCc1ccc(CNC(=O)OCc2ccccc2)cc1. The molecule has 0 unspecified atom stereocenters. The van der Waals surface area contributed by atoms with E-state index in [0.717, 1.165) is 23.1 Å². The topological polar surface area (TPSA) is 75.6 Å². The van der Waals surface area contributed by atoms with Crippen LogP contribution in [-0.2, 0) is 29.1 Å². The van der Waals surface area contributed by atoms with Crippen LogP contribution in [0.25, 0.3) is 0 Å². The van der Waals surface area contributed by atoms with E-state index in [4.69, 9.17) is 9.84 Å². The first kappa shape index (κ1) is 17.5. The maximum absolute atomic E-state index is 11.7. The number of benzene rings is 2. The van der Waals surface area contributed by atoms with Gasteiger partial charge in [0.1, 0.15) is 6.61 Å². The molecule has 0 fully saturated rings. The fourth-order valence-electron chi connectivity index (χ4n) is 2.22. The van der Waals surface area contributed by atoms with E-state index in [-0.39, 0.29) is 13.0 Å². The third-order valence-electron chi connectivity index (χ3n) is 3.53. The number of aliphatic carboxylic acids is 1. The first-order valence-electron chi connectivity index (χ1n) is 7.87. The smallest absolute Gasteiger partial charge is 0.407 e. The summed E-state index contributed by atoms with van der Waals surface area (Å²) in [4.78, 5) is 22.2. The molecule has 5 nitrogen and oxygen atoms in total. The standard InChI is InChI=1S/C19H21NO4/c21-18(22)8-4-7-15-9-11-16(12-10-15)13-20-19(23)24-14-17-5-2-1-3-6-17/h1-3,5-6,9-12H,4,7-8,13-14H2,(H,20,23)(H,21,22). The molecule has 5 heteroatoms. The van der Waals surface area contributed by atoms with Crippen LogP contribution in [0.5, 0.6) is 0 Å². The minimum atomic E-state index is -0.773. The van der Waals surface area contributed by atoms with Crippen molar-refractivity contribution < 1.29 is 19.4 Å². The summed E-state index contributed by atoms with van der Waals surface area (Å²) >= 11 is 0. The summed E-state index contributed by atoms with van der Waals surface area (Å²) in [7, 11) is 0. The second-order valence-corrected chi connectivity index (χ2v) is 5.48. The summed E-state index contributed by atoms with van der Waals surface area (Å²) < 4.78 is 5.14. The van der Waals surface area contributed by atoms with Gasteiger partial charge < -0.3 is 15.2 Å². The number of hydrogen-bond donors (Lipinski definition) is 2. The monoisotopic (exact) mass is 327 g/mol. The minimum Gasteiger partial charge on any atom is -0.481 e. The van der Waals surface area contributed by atoms with Gasteiger partial charge in [-0.2, -0.15) is 0 Å². The first-order chi connectivity index (χ1) is 11.6. The highest BCUT2D eigenvalue weighted by atomic mass is 16.5. The summed E-state index contributed by atoms with van der Waals surface area (Å²) in [5.41, 5.74) is 3.00. The van der Waals surface area contributed by atoms with Gasteiger partial charge in [-0.05, 0) is 29.5 Å². The molecule has 2 N–H and O–H groups in total. The van der Waals surface area contributed by atoms with Crippen LogP contribution in [0.3, 0.4) is 0 Å². The fraction of sp³-hybridized carbons (Fsp3) is 0.263. The molecule has 0 heterocycles. The summed E-state index contributed by atoms with van der Waals surface area (Å²) in [6.45, 7) is 0.637. The number of carboxylic acid groups (broad SMARTS) is 1. The Morgan fingerprint density at radius 3 is 2.25 bits per heavy atom. The highest BCUT2D eigenvalue weighted by Crippen LogP contribution is 2.08. The van der Waals surface area contributed by atoms with Crippen LogP contribution in [0.4, 0.5) is 4.79 Å². The van der Waals surface area contributed by atoms with Crippen LogP contribution >= 0.6 is 0 Å². The quantitative estimate of drug-likeness (QED) is 0.778. The molecular formula is C19H21NO4. The first-order valence-corrected chi connectivity index (χ1v) is 7.87. The molecule has 0 atom stereocenters. The van der Waals surface area contributed by atoms with Crippen LogP contribution in [0.15, 0.2) is 54.6 Å². The second kappa shape index (κ2) is 9.35. The van der Waals surface area contributed by atoms with Crippen molar-refractivity contribution >= 4 is 12.1 Å². The van der Waals surface area contributed by atoms with E-state index in [0.29, 0.717) is 13.0 Å². The van der Waals surface area contributed by atoms with Crippen molar-refractivity contribution in [2.45, 2.75) is 32.4 Å². The largest absolute Gasteiger partial charge is 0.481 e. The van der Waals surface area contributed by atoms with Gasteiger partial charge in [0, 0.05) is 13.0 Å². The van der Waals surface area contributed by atoms with Gasteiger partial charge in [0.15, 0.2) is 0 Å². The zero-order chi connectivity index (χ0) is 17.2. The number of hydrogen-bond acceptors (Lipinski definition) is 3. The third-order valence-corrected chi connectivity index (χ3v) is 3.53. The molecule has 2 rings (SSSR count). The van der Waals surface area contributed by atoms with E-state index in [2.05, 4.69) is 5.32 Å². The van der Waals surface area contributed by atoms with Crippen molar-refractivity contribution in [3.05, 3.63) is 71.3 Å². The predicted octanol–water partition coefficient (Wildman–Crippen LogP) is 3.52. The maximum atomic E-state index is 11.7. The molecule has 126 valence electrons. The van der Waals surface area contributed by atoms with Gasteiger partial charge >= 0.3 is 12.1 Å². The molecule has 24 heavy (non-hydrogen) atoms. The molecule has 0 radical (unpaired) electrons. The molecule has 1 amide bonds. The number of amides is 1. The van der Waals surface area contributed by atoms with Crippen LogP contribution in [0, 0.1) is 0 Å². The number of carbonyl (C=O) groups is 2. The number of alkyl carbamates (subject to hydrolysis) is 1. The van der Waals surface area contributed by atoms with E-state index in [9.17, 15) is 9.59 Å². The van der Waals surface area contributed by atoms with Crippen LogP contribution in [0.1, 0.15) is 29.5 Å². The van der Waals surface area contributed by atoms with Crippen molar-refractivity contribution in [1.29, 1.82) is 0 Å². The minimum absolute atomic E-state index is 0.177. The zero-order valence-electron chi connectivity index (χ0n) is 13.4. The van der Waals surface area contributed by atoms with E-state index in [1.165, 1.54) is 0 Å². The number of carbonyl (C=O) groups excluding carboxylic acids is 1. The Labute approximate surface area is 141 Å². The van der Waals surface area contributed by atoms with E-state index in [1.54, 1.807) is 0 Å². The van der Waals surface area contributed by atoms with Gasteiger partial charge in [-0.3, -0.25) is 4.79 Å².